The Morgan fingerprint density at radius 1 is 1.23 bits per heavy atom. The summed E-state index contributed by atoms with van der Waals surface area (Å²) in [5, 5.41) is 13.5. The van der Waals surface area contributed by atoms with Crippen molar-refractivity contribution in [3.63, 3.8) is 0 Å². The van der Waals surface area contributed by atoms with Crippen LogP contribution in [0.2, 0.25) is 5.02 Å². The number of nitrogen functional groups attached to an aromatic ring is 1. The summed E-state index contributed by atoms with van der Waals surface area (Å²) in [6, 6.07) is 4.97. The van der Waals surface area contributed by atoms with E-state index in [9.17, 15) is 19.1 Å². The molecule has 5 rings (SSSR count). The Bertz CT molecular complexity index is 1480. The van der Waals surface area contributed by atoms with Crippen LogP contribution in [0, 0.1) is 0 Å². The molecule has 1 aromatic carbocycles. The molecule has 0 radical (unpaired) electrons. The van der Waals surface area contributed by atoms with Gasteiger partial charge in [0.2, 0.25) is 5.88 Å². The molecule has 0 unspecified atom stereocenters. The van der Waals surface area contributed by atoms with Crippen molar-refractivity contribution < 1.29 is 14.3 Å². The minimum atomic E-state index is -1.36. The van der Waals surface area contributed by atoms with Crippen molar-refractivity contribution in [1.29, 1.82) is 0 Å². The van der Waals surface area contributed by atoms with Crippen LogP contribution in [-0.2, 0) is 13.0 Å². The minimum absolute atomic E-state index is 0.00705. The lowest BCUT2D eigenvalue weighted by Gasteiger charge is -2.36. The molecule has 0 atom stereocenters. The highest BCUT2D eigenvalue weighted by Crippen LogP contribution is 2.39. The molecule has 6 N–H and O–H groups in total. The molecule has 11 nitrogen and oxygen atoms in total. The molecule has 2 aromatic heterocycles. The zero-order valence-corrected chi connectivity index (χ0v) is 22.6. The molecule has 1 saturated heterocycles. The lowest BCUT2D eigenvalue weighted by Crippen LogP contribution is -2.46. The number of fused-ring (bicyclic) bond motifs is 1. The van der Waals surface area contributed by atoms with E-state index < -0.39 is 28.6 Å². The van der Waals surface area contributed by atoms with Gasteiger partial charge in [0.15, 0.2) is 11.4 Å². The fraction of sp³-hybridized carbons (Fsp3) is 0.400. The van der Waals surface area contributed by atoms with Crippen LogP contribution in [-0.4, -0.2) is 55.8 Å². The molecule has 0 spiro atoms. The number of rotatable bonds is 6. The number of alkyl halides is 1. The fourth-order valence-electron chi connectivity index (χ4n) is 4.69. The lowest BCUT2D eigenvalue weighted by atomic mass is 9.93. The molecule has 0 aliphatic carbocycles. The summed E-state index contributed by atoms with van der Waals surface area (Å²) >= 11 is 7.75. The number of aryl methyl sites for hydroxylation is 1. The first-order valence-corrected chi connectivity index (χ1v) is 13.8. The van der Waals surface area contributed by atoms with Crippen molar-refractivity contribution in [2.75, 3.05) is 35.6 Å². The second-order valence-electron chi connectivity index (χ2n) is 9.58. The Morgan fingerprint density at radius 2 is 2.00 bits per heavy atom. The summed E-state index contributed by atoms with van der Waals surface area (Å²) in [7, 11) is 0. The lowest BCUT2D eigenvalue weighted by molar-refractivity contribution is 0.102. The fourth-order valence-corrected chi connectivity index (χ4v) is 5.79. The third kappa shape index (κ3) is 5.52. The Kier molecular flexibility index (Phi) is 7.65. The summed E-state index contributed by atoms with van der Waals surface area (Å²) in [5.41, 5.74) is 9.59. The largest absolute Gasteiger partial charge is 0.493 e. The number of aromatic hydroxyl groups is 1. The molecule has 206 valence electrons. The monoisotopic (exact) mass is 574 g/mol. The van der Waals surface area contributed by atoms with Gasteiger partial charge in [0, 0.05) is 50.3 Å². The van der Waals surface area contributed by atoms with Crippen LogP contribution in [0.4, 0.5) is 21.7 Å². The van der Waals surface area contributed by atoms with E-state index >= 15 is 0 Å². The average molecular weight is 575 g/mol. The maximum atomic E-state index is 14.4. The van der Waals surface area contributed by atoms with Gasteiger partial charge in [0.1, 0.15) is 22.3 Å². The predicted molar refractivity (Wildman–Crippen MR) is 147 cm³/mol. The molecule has 0 bridgehead atoms. The first-order valence-electron chi connectivity index (χ1n) is 12.6. The molecule has 2 aliphatic heterocycles. The molecule has 3 aromatic rings. The van der Waals surface area contributed by atoms with Gasteiger partial charge in [0.25, 0.3) is 11.5 Å². The average Bonchev–Trinajstić information content (AvgIpc) is 2.92. The predicted octanol–water partition coefficient (Wildman–Crippen LogP) is 2.98. The minimum Gasteiger partial charge on any atom is -0.493 e. The van der Waals surface area contributed by atoms with Gasteiger partial charge < -0.3 is 26.8 Å². The molecule has 14 heteroatoms. The van der Waals surface area contributed by atoms with Gasteiger partial charge in [-0.15, -0.1) is 0 Å². The van der Waals surface area contributed by atoms with Crippen LogP contribution in [0.1, 0.15) is 41.9 Å². The van der Waals surface area contributed by atoms with E-state index in [2.05, 4.69) is 20.3 Å². The van der Waals surface area contributed by atoms with E-state index in [4.69, 9.17) is 23.1 Å². The maximum absolute atomic E-state index is 14.4. The number of benzene rings is 1. The molecule has 0 saturated carbocycles. The number of nitrogens with zero attached hydrogens (tertiary/aromatic N) is 5. The van der Waals surface area contributed by atoms with E-state index in [1.54, 1.807) is 24.4 Å². The number of amides is 1. The van der Waals surface area contributed by atoms with Crippen LogP contribution < -0.4 is 27.2 Å². The molecule has 4 heterocycles. The zero-order chi connectivity index (χ0) is 27.7. The van der Waals surface area contributed by atoms with Gasteiger partial charge in [-0.25, -0.2) is 14.4 Å². The number of halogens is 2. The number of hydrogen-bond acceptors (Lipinski definition) is 10. The first-order chi connectivity index (χ1) is 18.7. The number of piperidine rings is 1. The van der Waals surface area contributed by atoms with Crippen LogP contribution in [0.25, 0.3) is 0 Å². The standard InChI is InChI=1S/C25H28ClFN8O3S/c26-19-14(31-21(36)18-22(37)33-16-6-1-2-9-35(16)24(18)38)4-3-5-15(19)39-23-20(29)32-17(12-30-23)34-10-7-25(27,13-28)8-11-34/h3-5,12,37H,1-2,6-11,13,28H2,(H2,29,32)(H,31,36). The molecule has 1 fully saturated rings. The van der Waals surface area contributed by atoms with Crippen LogP contribution in [0.5, 0.6) is 5.88 Å². The normalized spacial score (nSPS) is 16.5. The van der Waals surface area contributed by atoms with Gasteiger partial charge >= 0.3 is 0 Å². The zero-order valence-electron chi connectivity index (χ0n) is 21.0. The summed E-state index contributed by atoms with van der Waals surface area (Å²) in [4.78, 5) is 41.3. The van der Waals surface area contributed by atoms with Crippen molar-refractivity contribution >= 4 is 46.6 Å². The number of carbonyl (C=O) groups excluding carboxylic acids is 1. The molecule has 1 amide bonds. The summed E-state index contributed by atoms with van der Waals surface area (Å²) in [6.07, 6.45) is 4.41. The molecular weight excluding hydrogens is 547 g/mol. The molecule has 39 heavy (non-hydrogen) atoms. The number of anilines is 3. The quantitative estimate of drug-likeness (QED) is 0.344. The third-order valence-electron chi connectivity index (χ3n) is 7.01. The summed E-state index contributed by atoms with van der Waals surface area (Å²) in [5.74, 6) is -0.228. The van der Waals surface area contributed by atoms with Crippen molar-refractivity contribution in [3.05, 3.63) is 51.2 Å². The molecule has 2 aliphatic rings. The van der Waals surface area contributed by atoms with Gasteiger partial charge in [-0.05, 0) is 25.0 Å². The summed E-state index contributed by atoms with van der Waals surface area (Å²) in [6.45, 7) is 1.35. The van der Waals surface area contributed by atoms with E-state index in [1.165, 1.54) is 4.57 Å². The van der Waals surface area contributed by atoms with E-state index in [0.29, 0.717) is 60.5 Å². The van der Waals surface area contributed by atoms with Gasteiger partial charge in [0.05, 0.1) is 16.9 Å². The second-order valence-corrected chi connectivity index (χ2v) is 11.0. The van der Waals surface area contributed by atoms with E-state index in [1.807, 2.05) is 4.90 Å². The summed E-state index contributed by atoms with van der Waals surface area (Å²) < 4.78 is 15.9. The van der Waals surface area contributed by atoms with Crippen molar-refractivity contribution in [2.45, 2.75) is 54.2 Å². The van der Waals surface area contributed by atoms with Crippen molar-refractivity contribution in [1.82, 2.24) is 19.5 Å². The van der Waals surface area contributed by atoms with E-state index in [-0.39, 0.29) is 23.1 Å². The van der Waals surface area contributed by atoms with Gasteiger partial charge in [-0.2, -0.15) is 4.98 Å². The van der Waals surface area contributed by atoms with E-state index in [0.717, 1.165) is 24.6 Å². The SMILES string of the molecule is NCC1(F)CCN(c2cnc(Sc3cccc(NC(=O)c4c(O)nc5n(c4=O)CCCC5)c3Cl)c(N)n2)CC1. The number of nitrogens with two attached hydrogens (primary N) is 2. The highest BCUT2D eigenvalue weighted by Gasteiger charge is 2.33. The Balaban J connectivity index is 1.32. The maximum Gasteiger partial charge on any atom is 0.270 e. The number of carbonyl (C=O) groups is 1. The van der Waals surface area contributed by atoms with Crippen molar-refractivity contribution in [3.8, 4) is 5.88 Å². The second kappa shape index (κ2) is 11.0. The van der Waals surface area contributed by atoms with Crippen LogP contribution in [0.15, 0.2) is 39.1 Å². The molecular formula is C25H28ClFN8O3S. The number of aromatic nitrogens is 4. The highest BCUT2D eigenvalue weighted by molar-refractivity contribution is 7.99. The van der Waals surface area contributed by atoms with Gasteiger partial charge in [-0.1, -0.05) is 29.4 Å². The highest BCUT2D eigenvalue weighted by atomic mass is 35.5. The topological polar surface area (TPSA) is 165 Å². The number of hydrogen-bond donors (Lipinski definition) is 4. The number of nitrogens with one attached hydrogen (secondary N) is 1. The van der Waals surface area contributed by atoms with Crippen molar-refractivity contribution in [2.24, 2.45) is 5.73 Å². The Labute approximate surface area is 232 Å². The first kappa shape index (κ1) is 27.2. The van der Waals surface area contributed by atoms with Gasteiger partial charge in [-0.3, -0.25) is 14.2 Å². The Hall–Kier alpha value is -3.42. The van der Waals surface area contributed by atoms with Crippen LogP contribution in [0.3, 0.4) is 0 Å². The third-order valence-corrected chi connectivity index (χ3v) is 8.59. The Morgan fingerprint density at radius 3 is 2.72 bits per heavy atom. The van der Waals surface area contributed by atoms with Crippen LogP contribution >= 0.6 is 23.4 Å². The smallest absolute Gasteiger partial charge is 0.270 e.